The lowest BCUT2D eigenvalue weighted by molar-refractivity contribution is -0.139. The third kappa shape index (κ3) is 5.61. The van der Waals surface area contributed by atoms with Gasteiger partial charge in [0.15, 0.2) is 4.80 Å². The van der Waals surface area contributed by atoms with Crippen LogP contribution in [-0.4, -0.2) is 27.8 Å². The van der Waals surface area contributed by atoms with Crippen LogP contribution in [0.5, 0.6) is 5.75 Å². The zero-order chi connectivity index (χ0) is 31.7. The van der Waals surface area contributed by atoms with Crippen molar-refractivity contribution in [3.63, 3.8) is 0 Å². The maximum atomic E-state index is 14.3. The molecular weight excluding hydrogens is 584 g/mol. The standard InChI is InChI=1S/C36H32N4O4S/c1-5-43-35(42)32-23(4)38-36-40(33(32)28-15-9-11-17-30(28)44-22(2)3)34(41)31(45-36)18-26-21-39(29-16-10-8-14-27(26)29)20-25-13-7-6-12-24(25)19-37/h6-18,21-22,33H,5,20H2,1-4H3/b31-18+/t33-/m0/s1. The van der Waals surface area contributed by atoms with E-state index < -0.39 is 12.0 Å². The van der Waals surface area contributed by atoms with Crippen molar-refractivity contribution in [3.05, 3.63) is 132 Å². The molecule has 0 bridgehead atoms. The van der Waals surface area contributed by atoms with Crippen LogP contribution in [0.15, 0.2) is 100 Å². The summed E-state index contributed by atoms with van der Waals surface area (Å²) in [5, 5.41) is 10.6. The predicted molar refractivity (Wildman–Crippen MR) is 175 cm³/mol. The van der Waals surface area contributed by atoms with Crippen molar-refractivity contribution < 1.29 is 14.3 Å². The minimum absolute atomic E-state index is 0.115. The van der Waals surface area contributed by atoms with Gasteiger partial charge in [-0.2, -0.15) is 5.26 Å². The Bertz CT molecular complexity index is 2200. The molecule has 1 aliphatic heterocycles. The van der Waals surface area contributed by atoms with E-state index >= 15 is 0 Å². The van der Waals surface area contributed by atoms with E-state index in [0.29, 0.717) is 44.0 Å². The van der Waals surface area contributed by atoms with E-state index in [-0.39, 0.29) is 18.3 Å². The van der Waals surface area contributed by atoms with Crippen LogP contribution in [-0.2, 0) is 16.1 Å². The molecular formula is C36H32N4O4S. The van der Waals surface area contributed by atoms with Crippen molar-refractivity contribution in [2.45, 2.75) is 46.4 Å². The van der Waals surface area contributed by atoms with Crippen LogP contribution >= 0.6 is 11.3 Å². The number of carbonyl (C=O) groups excluding carboxylic acids is 1. The van der Waals surface area contributed by atoms with E-state index in [9.17, 15) is 14.9 Å². The summed E-state index contributed by atoms with van der Waals surface area (Å²) in [6.45, 7) is 8.10. The van der Waals surface area contributed by atoms with Gasteiger partial charge in [-0.1, -0.05) is 65.9 Å². The van der Waals surface area contributed by atoms with E-state index in [1.807, 2.05) is 98.9 Å². The van der Waals surface area contributed by atoms with Crippen LogP contribution in [0.4, 0.5) is 0 Å². The maximum Gasteiger partial charge on any atom is 0.338 e. The summed E-state index contributed by atoms with van der Waals surface area (Å²) >= 11 is 1.28. The minimum atomic E-state index is -0.777. The largest absolute Gasteiger partial charge is 0.491 e. The first-order valence-electron chi connectivity index (χ1n) is 14.8. The second kappa shape index (κ2) is 12.4. The van der Waals surface area contributed by atoms with Crippen molar-refractivity contribution >= 4 is 34.3 Å². The molecule has 1 atom stereocenters. The average molecular weight is 617 g/mol. The second-order valence-electron chi connectivity index (χ2n) is 11.0. The summed E-state index contributed by atoms with van der Waals surface area (Å²) in [6.07, 6.45) is 3.78. The van der Waals surface area contributed by atoms with Crippen LogP contribution < -0.4 is 19.6 Å². The van der Waals surface area contributed by atoms with Gasteiger partial charge < -0.3 is 14.0 Å². The zero-order valence-electron chi connectivity index (χ0n) is 25.5. The number of hydrogen-bond donors (Lipinski definition) is 0. The highest BCUT2D eigenvalue weighted by Crippen LogP contribution is 2.36. The molecule has 3 aromatic carbocycles. The summed E-state index contributed by atoms with van der Waals surface area (Å²) in [5.74, 6) is 0.0717. The number of rotatable bonds is 8. The van der Waals surface area contributed by atoms with E-state index in [4.69, 9.17) is 14.5 Å². The van der Waals surface area contributed by atoms with Gasteiger partial charge in [0.05, 0.1) is 40.1 Å². The number of allylic oxidation sites excluding steroid dienone is 1. The van der Waals surface area contributed by atoms with Gasteiger partial charge in [-0.3, -0.25) is 9.36 Å². The summed E-state index contributed by atoms with van der Waals surface area (Å²) in [6, 6.07) is 24.5. The smallest absolute Gasteiger partial charge is 0.338 e. The first-order chi connectivity index (χ1) is 21.8. The Morgan fingerprint density at radius 3 is 2.60 bits per heavy atom. The molecule has 0 saturated carbocycles. The lowest BCUT2D eigenvalue weighted by Gasteiger charge is -2.26. The van der Waals surface area contributed by atoms with Gasteiger partial charge in [-0.25, -0.2) is 9.79 Å². The van der Waals surface area contributed by atoms with E-state index in [1.54, 1.807) is 18.4 Å². The van der Waals surface area contributed by atoms with Gasteiger partial charge in [-0.05, 0) is 57.5 Å². The first kappa shape index (κ1) is 29.9. The van der Waals surface area contributed by atoms with E-state index in [1.165, 1.54) is 11.3 Å². The molecule has 0 fully saturated rings. The monoisotopic (exact) mass is 616 g/mol. The predicted octanol–water partition coefficient (Wildman–Crippen LogP) is 5.46. The van der Waals surface area contributed by atoms with Gasteiger partial charge >= 0.3 is 5.97 Å². The highest BCUT2D eigenvalue weighted by atomic mass is 32.1. The molecule has 0 spiro atoms. The highest BCUT2D eigenvalue weighted by Gasteiger charge is 2.35. The number of fused-ring (bicyclic) bond motifs is 2. The summed E-state index contributed by atoms with van der Waals surface area (Å²) in [7, 11) is 0. The van der Waals surface area contributed by atoms with Crippen molar-refractivity contribution in [3.8, 4) is 11.8 Å². The Kier molecular flexibility index (Phi) is 8.24. The molecule has 8 nitrogen and oxygen atoms in total. The number of para-hydroxylation sites is 2. The Morgan fingerprint density at radius 2 is 1.82 bits per heavy atom. The van der Waals surface area contributed by atoms with Gasteiger partial charge in [0.25, 0.3) is 5.56 Å². The fourth-order valence-corrected chi connectivity index (χ4v) is 6.80. The number of esters is 1. The third-order valence-electron chi connectivity index (χ3n) is 7.68. The molecule has 2 aromatic heterocycles. The van der Waals surface area contributed by atoms with Gasteiger partial charge in [0.2, 0.25) is 0 Å². The van der Waals surface area contributed by atoms with E-state index in [0.717, 1.165) is 22.0 Å². The van der Waals surface area contributed by atoms with Crippen LogP contribution in [0.2, 0.25) is 0 Å². The Labute approximate surface area is 264 Å². The molecule has 9 heteroatoms. The molecule has 1 aliphatic rings. The fourth-order valence-electron chi connectivity index (χ4n) is 5.77. The molecule has 0 amide bonds. The molecule has 0 N–H and O–H groups in total. The SMILES string of the molecule is CCOC(=O)C1=C(C)N=c2s/c(=C/c3cn(Cc4ccccc4C#N)c4ccccc34)c(=O)n2[C@H]1c1ccccc1OC(C)C. The molecule has 0 saturated heterocycles. The number of aromatic nitrogens is 2. The van der Waals surface area contributed by atoms with Crippen molar-refractivity contribution in [1.82, 2.24) is 9.13 Å². The zero-order valence-corrected chi connectivity index (χ0v) is 26.3. The molecule has 226 valence electrons. The Balaban J connectivity index is 1.54. The van der Waals surface area contributed by atoms with Gasteiger partial charge in [0, 0.05) is 34.8 Å². The van der Waals surface area contributed by atoms with Gasteiger partial charge in [0.1, 0.15) is 11.8 Å². The molecule has 0 unspecified atom stereocenters. The van der Waals surface area contributed by atoms with Crippen molar-refractivity contribution in [2.24, 2.45) is 4.99 Å². The summed E-state index contributed by atoms with van der Waals surface area (Å²) in [4.78, 5) is 32.9. The first-order valence-corrected chi connectivity index (χ1v) is 15.6. The summed E-state index contributed by atoms with van der Waals surface area (Å²) in [5.41, 5.74) is 4.62. The number of ether oxygens (including phenoxy) is 2. The van der Waals surface area contributed by atoms with Crippen LogP contribution in [0.3, 0.4) is 0 Å². The van der Waals surface area contributed by atoms with Gasteiger partial charge in [-0.15, -0.1) is 0 Å². The molecule has 3 heterocycles. The fraction of sp³-hybridized carbons (Fsp3) is 0.222. The third-order valence-corrected chi connectivity index (χ3v) is 8.66. The summed E-state index contributed by atoms with van der Waals surface area (Å²) < 4.78 is 15.8. The van der Waals surface area contributed by atoms with Crippen molar-refractivity contribution in [2.75, 3.05) is 6.61 Å². The number of hydrogen-bond acceptors (Lipinski definition) is 7. The maximum absolute atomic E-state index is 14.3. The average Bonchev–Trinajstić information content (AvgIpc) is 3.53. The quantitative estimate of drug-likeness (QED) is 0.216. The normalized spacial score (nSPS) is 14.8. The number of nitrogens with zero attached hydrogens (tertiary/aromatic N) is 4. The van der Waals surface area contributed by atoms with E-state index in [2.05, 4.69) is 10.6 Å². The Hall–Kier alpha value is -5.20. The number of nitriles is 1. The van der Waals surface area contributed by atoms with Crippen LogP contribution in [0, 0.1) is 11.3 Å². The lowest BCUT2D eigenvalue weighted by atomic mass is 9.95. The molecule has 6 rings (SSSR count). The second-order valence-corrected chi connectivity index (χ2v) is 12.0. The number of benzene rings is 3. The highest BCUT2D eigenvalue weighted by molar-refractivity contribution is 7.07. The molecule has 0 radical (unpaired) electrons. The topological polar surface area (TPSA) is 98.6 Å². The number of thiazole rings is 1. The molecule has 45 heavy (non-hydrogen) atoms. The molecule has 0 aliphatic carbocycles. The molecule has 5 aromatic rings. The number of carbonyl (C=O) groups is 1. The van der Waals surface area contributed by atoms with Crippen LogP contribution in [0.1, 0.15) is 56.0 Å². The van der Waals surface area contributed by atoms with Crippen molar-refractivity contribution in [1.29, 1.82) is 5.26 Å². The Morgan fingerprint density at radius 1 is 1.09 bits per heavy atom. The lowest BCUT2D eigenvalue weighted by Crippen LogP contribution is -2.40. The minimum Gasteiger partial charge on any atom is -0.491 e. The van der Waals surface area contributed by atoms with Crippen LogP contribution in [0.25, 0.3) is 17.0 Å².